The fraction of sp³-hybridized carbons (Fsp3) is 0.500. The Bertz CT molecular complexity index is 575. The highest BCUT2D eigenvalue weighted by molar-refractivity contribution is 6.31. The molecule has 1 aliphatic rings. The van der Waals surface area contributed by atoms with Crippen LogP contribution in [0.15, 0.2) is 28.7 Å². The lowest BCUT2D eigenvalue weighted by Crippen LogP contribution is -2.31. The zero-order valence-corrected chi connectivity index (χ0v) is 12.5. The maximum atomic E-state index is 6.04. The maximum Gasteiger partial charge on any atom is 0.134 e. The van der Waals surface area contributed by atoms with Gasteiger partial charge in [-0.15, -0.1) is 0 Å². The number of furan rings is 1. The summed E-state index contributed by atoms with van der Waals surface area (Å²) in [6.07, 6.45) is 3.51. The van der Waals surface area contributed by atoms with Crippen LogP contribution in [-0.2, 0) is 4.74 Å². The number of ether oxygens (including phenoxy) is 1. The van der Waals surface area contributed by atoms with Gasteiger partial charge >= 0.3 is 0 Å². The lowest BCUT2D eigenvalue weighted by atomic mass is 10.0. The third-order valence-electron chi connectivity index (χ3n) is 3.75. The molecular formula is C16H20ClNO2. The van der Waals surface area contributed by atoms with Gasteiger partial charge in [0.25, 0.3) is 0 Å². The lowest BCUT2D eigenvalue weighted by Gasteiger charge is -2.22. The molecule has 1 saturated heterocycles. The quantitative estimate of drug-likeness (QED) is 0.892. The van der Waals surface area contributed by atoms with Crippen LogP contribution in [0.5, 0.6) is 0 Å². The van der Waals surface area contributed by atoms with Crippen molar-refractivity contribution in [2.75, 3.05) is 13.2 Å². The van der Waals surface area contributed by atoms with E-state index in [1.807, 2.05) is 18.2 Å². The first-order chi connectivity index (χ1) is 9.78. The number of nitrogens with one attached hydrogen (secondary N) is 1. The SMILES string of the molecule is CCCNC(c1cc2cc(Cl)ccc2o1)C1CCCO1. The summed E-state index contributed by atoms with van der Waals surface area (Å²) in [4.78, 5) is 0. The summed E-state index contributed by atoms with van der Waals surface area (Å²) < 4.78 is 11.8. The molecular weight excluding hydrogens is 274 g/mol. The second kappa shape index (κ2) is 6.17. The molecule has 0 bridgehead atoms. The van der Waals surface area contributed by atoms with Gasteiger partial charge in [-0.05, 0) is 50.1 Å². The largest absolute Gasteiger partial charge is 0.459 e. The average molecular weight is 294 g/mol. The molecule has 4 heteroatoms. The standard InChI is InChI=1S/C16H20ClNO2/c1-2-7-18-16(14-4-3-8-19-14)15-10-11-9-12(17)5-6-13(11)20-15/h5-6,9-10,14,16,18H,2-4,7-8H2,1H3. The predicted octanol–water partition coefficient (Wildman–Crippen LogP) is 4.31. The average Bonchev–Trinajstić information content (AvgIpc) is 3.08. The van der Waals surface area contributed by atoms with E-state index in [1.165, 1.54) is 0 Å². The lowest BCUT2D eigenvalue weighted by molar-refractivity contribution is 0.0718. The van der Waals surface area contributed by atoms with E-state index in [0.717, 1.165) is 54.2 Å². The third-order valence-corrected chi connectivity index (χ3v) is 3.99. The summed E-state index contributed by atoms with van der Waals surface area (Å²) >= 11 is 6.04. The molecule has 2 atom stereocenters. The number of hydrogen-bond acceptors (Lipinski definition) is 3. The van der Waals surface area contributed by atoms with Crippen LogP contribution in [0, 0.1) is 0 Å². The highest BCUT2D eigenvalue weighted by atomic mass is 35.5. The van der Waals surface area contributed by atoms with Crippen molar-refractivity contribution in [2.45, 2.75) is 38.3 Å². The van der Waals surface area contributed by atoms with Crippen molar-refractivity contribution < 1.29 is 9.15 Å². The van der Waals surface area contributed by atoms with E-state index in [1.54, 1.807) is 0 Å². The zero-order valence-electron chi connectivity index (χ0n) is 11.7. The molecule has 0 amide bonds. The van der Waals surface area contributed by atoms with E-state index >= 15 is 0 Å². The Labute approximate surface area is 124 Å². The number of hydrogen-bond donors (Lipinski definition) is 1. The topological polar surface area (TPSA) is 34.4 Å². The van der Waals surface area contributed by atoms with Crippen LogP contribution in [0.25, 0.3) is 11.0 Å². The molecule has 20 heavy (non-hydrogen) atoms. The van der Waals surface area contributed by atoms with Crippen LogP contribution in [0.4, 0.5) is 0 Å². The van der Waals surface area contributed by atoms with Crippen LogP contribution in [-0.4, -0.2) is 19.3 Å². The van der Waals surface area contributed by atoms with Gasteiger partial charge < -0.3 is 14.5 Å². The third kappa shape index (κ3) is 2.85. The molecule has 0 saturated carbocycles. The van der Waals surface area contributed by atoms with Gasteiger partial charge in [0.05, 0.1) is 12.1 Å². The maximum absolute atomic E-state index is 6.04. The van der Waals surface area contributed by atoms with Crippen molar-refractivity contribution in [2.24, 2.45) is 0 Å². The van der Waals surface area contributed by atoms with Crippen LogP contribution in [0.2, 0.25) is 5.02 Å². The summed E-state index contributed by atoms with van der Waals surface area (Å²) in [5.74, 6) is 0.947. The molecule has 1 aromatic heterocycles. The van der Waals surface area contributed by atoms with Gasteiger partial charge in [0, 0.05) is 17.0 Å². The fourth-order valence-electron chi connectivity index (χ4n) is 2.77. The minimum atomic E-state index is 0.128. The van der Waals surface area contributed by atoms with Crippen LogP contribution in [0.3, 0.4) is 0 Å². The molecule has 3 rings (SSSR count). The second-order valence-corrected chi connectivity index (χ2v) is 5.75. The number of rotatable bonds is 5. The fourth-order valence-corrected chi connectivity index (χ4v) is 2.95. The molecule has 3 nitrogen and oxygen atoms in total. The first kappa shape index (κ1) is 13.9. The molecule has 1 aromatic carbocycles. The number of benzene rings is 1. The zero-order chi connectivity index (χ0) is 13.9. The molecule has 108 valence electrons. The molecule has 2 aromatic rings. The molecule has 1 aliphatic heterocycles. The van der Waals surface area contributed by atoms with Crippen LogP contribution < -0.4 is 5.32 Å². The van der Waals surface area contributed by atoms with Gasteiger partial charge in [-0.25, -0.2) is 0 Å². The normalized spacial score (nSPS) is 20.6. The Balaban J connectivity index is 1.90. The summed E-state index contributed by atoms with van der Waals surface area (Å²) in [6, 6.07) is 7.93. The van der Waals surface area contributed by atoms with Gasteiger partial charge in [0.15, 0.2) is 0 Å². The molecule has 0 spiro atoms. The Hall–Kier alpha value is -1.03. The first-order valence-electron chi connectivity index (χ1n) is 7.32. The van der Waals surface area contributed by atoms with E-state index < -0.39 is 0 Å². The first-order valence-corrected chi connectivity index (χ1v) is 7.69. The van der Waals surface area contributed by atoms with E-state index in [4.69, 9.17) is 20.8 Å². The smallest absolute Gasteiger partial charge is 0.134 e. The van der Waals surface area contributed by atoms with Crippen molar-refractivity contribution in [1.82, 2.24) is 5.32 Å². The van der Waals surface area contributed by atoms with E-state index in [2.05, 4.69) is 18.3 Å². The predicted molar refractivity (Wildman–Crippen MR) is 81.2 cm³/mol. The monoisotopic (exact) mass is 293 g/mol. The number of halogens is 1. The molecule has 0 radical (unpaired) electrons. The number of fused-ring (bicyclic) bond motifs is 1. The Morgan fingerprint density at radius 1 is 1.40 bits per heavy atom. The van der Waals surface area contributed by atoms with Crippen LogP contribution in [0.1, 0.15) is 38.0 Å². The van der Waals surface area contributed by atoms with E-state index in [9.17, 15) is 0 Å². The molecule has 2 unspecified atom stereocenters. The second-order valence-electron chi connectivity index (χ2n) is 5.31. The Morgan fingerprint density at radius 2 is 2.30 bits per heavy atom. The summed E-state index contributed by atoms with van der Waals surface area (Å²) in [5, 5.41) is 5.34. The summed E-state index contributed by atoms with van der Waals surface area (Å²) in [6.45, 7) is 3.97. The van der Waals surface area contributed by atoms with Crippen molar-refractivity contribution in [1.29, 1.82) is 0 Å². The van der Waals surface area contributed by atoms with E-state index in [-0.39, 0.29) is 12.1 Å². The van der Waals surface area contributed by atoms with Crippen molar-refractivity contribution in [3.05, 3.63) is 35.0 Å². The van der Waals surface area contributed by atoms with Crippen LogP contribution >= 0.6 is 11.6 Å². The molecule has 0 aliphatic carbocycles. The Kier molecular flexibility index (Phi) is 4.29. The van der Waals surface area contributed by atoms with E-state index in [0.29, 0.717) is 0 Å². The van der Waals surface area contributed by atoms with Crippen molar-refractivity contribution >= 4 is 22.6 Å². The van der Waals surface area contributed by atoms with Crippen molar-refractivity contribution in [3.8, 4) is 0 Å². The van der Waals surface area contributed by atoms with Gasteiger partial charge in [0.2, 0.25) is 0 Å². The molecule has 2 heterocycles. The van der Waals surface area contributed by atoms with Gasteiger partial charge in [0.1, 0.15) is 11.3 Å². The highest BCUT2D eigenvalue weighted by Crippen LogP contribution is 2.32. The summed E-state index contributed by atoms with van der Waals surface area (Å²) in [5.41, 5.74) is 0.880. The van der Waals surface area contributed by atoms with Crippen molar-refractivity contribution in [3.63, 3.8) is 0 Å². The molecule has 1 N–H and O–H groups in total. The Morgan fingerprint density at radius 3 is 3.05 bits per heavy atom. The van der Waals surface area contributed by atoms with Gasteiger partial charge in [-0.2, -0.15) is 0 Å². The highest BCUT2D eigenvalue weighted by Gasteiger charge is 2.29. The van der Waals surface area contributed by atoms with Gasteiger partial charge in [-0.1, -0.05) is 18.5 Å². The minimum absolute atomic E-state index is 0.128. The minimum Gasteiger partial charge on any atom is -0.459 e. The summed E-state index contributed by atoms with van der Waals surface area (Å²) in [7, 11) is 0. The molecule has 1 fully saturated rings. The van der Waals surface area contributed by atoms with Gasteiger partial charge in [-0.3, -0.25) is 0 Å².